The first kappa shape index (κ1) is 11.8. The lowest BCUT2D eigenvalue weighted by Crippen LogP contribution is -2.31. The molecular weight excluding hydrogens is 186 g/mol. The smallest absolute Gasteiger partial charge is 0.223 e. The second-order valence-electron chi connectivity index (χ2n) is 4.74. The Balaban J connectivity index is 2.89. The zero-order valence-corrected chi connectivity index (χ0v) is 9.99. The van der Waals surface area contributed by atoms with Crippen molar-refractivity contribution in [2.75, 3.05) is 0 Å². The molecule has 0 aliphatic heterocycles. The summed E-state index contributed by atoms with van der Waals surface area (Å²) in [4.78, 5) is 0. The summed E-state index contributed by atoms with van der Waals surface area (Å²) in [5.74, 6) is 0. The molecule has 0 amide bonds. The van der Waals surface area contributed by atoms with Crippen LogP contribution >= 0.6 is 0 Å². The number of hydrogen-bond acceptors (Lipinski definition) is 1. The van der Waals surface area contributed by atoms with Crippen LogP contribution in [0.3, 0.4) is 0 Å². The normalized spacial score (nSPS) is 12.9. The molecule has 0 heterocycles. The molecule has 1 N–H and O–H groups in total. The van der Waals surface area contributed by atoms with E-state index in [1.54, 1.807) is 6.21 Å². The van der Waals surface area contributed by atoms with Crippen molar-refractivity contribution < 1.29 is 9.95 Å². The van der Waals surface area contributed by atoms with E-state index >= 15 is 0 Å². The van der Waals surface area contributed by atoms with Crippen molar-refractivity contribution in [1.29, 1.82) is 0 Å². The van der Waals surface area contributed by atoms with E-state index in [1.807, 2.05) is 32.9 Å². The molecule has 0 atom stereocenters. The Morgan fingerprint density at radius 1 is 1.20 bits per heavy atom. The molecule has 0 radical (unpaired) electrons. The fraction of sp³-hybridized carbons (Fsp3) is 0.462. The van der Waals surface area contributed by atoms with Crippen LogP contribution in [0.4, 0.5) is 0 Å². The Bertz CT molecular complexity index is 344. The van der Waals surface area contributed by atoms with Gasteiger partial charge in [-0.1, -0.05) is 19.1 Å². The third-order valence-electron chi connectivity index (χ3n) is 2.35. The summed E-state index contributed by atoms with van der Waals surface area (Å²) in [5.41, 5.74) is 2.07. The van der Waals surface area contributed by atoms with Gasteiger partial charge in [0.15, 0.2) is 0 Å². The summed E-state index contributed by atoms with van der Waals surface area (Å²) in [5, 5.41) is 9.74. The highest BCUT2D eigenvalue weighted by Crippen LogP contribution is 2.07. The zero-order valence-electron chi connectivity index (χ0n) is 9.99. The van der Waals surface area contributed by atoms with Crippen LogP contribution < -0.4 is 0 Å². The fourth-order valence-electron chi connectivity index (χ4n) is 1.17. The van der Waals surface area contributed by atoms with E-state index in [1.165, 1.54) is 10.3 Å². The van der Waals surface area contributed by atoms with Gasteiger partial charge in [0.05, 0.1) is 0 Å². The topological polar surface area (TPSA) is 23.2 Å². The van der Waals surface area contributed by atoms with Crippen LogP contribution in [0.2, 0.25) is 0 Å². The number of rotatable bonds is 2. The van der Waals surface area contributed by atoms with Crippen LogP contribution in [-0.4, -0.2) is 21.7 Å². The third-order valence-corrected chi connectivity index (χ3v) is 2.35. The summed E-state index contributed by atoms with van der Waals surface area (Å²) < 4.78 is 1.24. The molecule has 0 saturated carbocycles. The first-order valence-electron chi connectivity index (χ1n) is 5.35. The molecule has 0 aliphatic rings. The van der Waals surface area contributed by atoms with E-state index in [9.17, 15) is 5.21 Å². The molecule has 1 aromatic carbocycles. The van der Waals surface area contributed by atoms with Gasteiger partial charge < -0.3 is 0 Å². The Hall–Kier alpha value is -1.31. The van der Waals surface area contributed by atoms with Gasteiger partial charge in [-0.05, 0) is 28.9 Å². The van der Waals surface area contributed by atoms with Gasteiger partial charge in [0.1, 0.15) is 0 Å². The van der Waals surface area contributed by atoms with Crippen LogP contribution in [0.5, 0.6) is 0 Å². The van der Waals surface area contributed by atoms with Gasteiger partial charge in [-0.25, -0.2) is 0 Å². The first-order chi connectivity index (χ1) is 6.93. The van der Waals surface area contributed by atoms with E-state index in [0.29, 0.717) is 0 Å². The predicted molar refractivity (Wildman–Crippen MR) is 62.8 cm³/mol. The monoisotopic (exact) mass is 206 g/mol. The molecule has 0 saturated heterocycles. The van der Waals surface area contributed by atoms with Crippen molar-refractivity contribution in [3.05, 3.63) is 35.4 Å². The minimum Gasteiger partial charge on any atom is -0.290 e. The molecular formula is C13H20NO+. The molecule has 2 heteroatoms. The molecule has 15 heavy (non-hydrogen) atoms. The van der Waals surface area contributed by atoms with E-state index in [0.717, 1.165) is 12.0 Å². The molecule has 1 aromatic rings. The van der Waals surface area contributed by atoms with Crippen LogP contribution in [0.25, 0.3) is 0 Å². The van der Waals surface area contributed by atoms with Crippen molar-refractivity contribution in [2.45, 2.75) is 39.7 Å². The molecule has 0 unspecified atom stereocenters. The van der Waals surface area contributed by atoms with E-state index in [2.05, 4.69) is 19.1 Å². The number of hydrogen-bond donors (Lipinski definition) is 1. The van der Waals surface area contributed by atoms with Crippen molar-refractivity contribution in [2.24, 2.45) is 0 Å². The Labute approximate surface area is 91.8 Å². The van der Waals surface area contributed by atoms with Crippen molar-refractivity contribution in [3.63, 3.8) is 0 Å². The maximum atomic E-state index is 9.74. The number of benzene rings is 1. The molecule has 0 fully saturated rings. The SMILES string of the molecule is CCc1ccc(/C=[N+](/O)C(C)(C)C)cc1. The van der Waals surface area contributed by atoms with E-state index in [-0.39, 0.29) is 5.54 Å². The fourth-order valence-corrected chi connectivity index (χ4v) is 1.17. The molecule has 1 rings (SSSR count). The van der Waals surface area contributed by atoms with Gasteiger partial charge in [0, 0.05) is 26.3 Å². The average Bonchev–Trinajstić information content (AvgIpc) is 2.17. The van der Waals surface area contributed by atoms with Crippen molar-refractivity contribution in [1.82, 2.24) is 0 Å². The van der Waals surface area contributed by atoms with Gasteiger partial charge >= 0.3 is 0 Å². The summed E-state index contributed by atoms with van der Waals surface area (Å²) in [6, 6.07) is 8.21. The number of nitrogens with zero attached hydrogens (tertiary/aromatic N) is 1. The molecule has 0 spiro atoms. The molecule has 82 valence electrons. The average molecular weight is 206 g/mol. The van der Waals surface area contributed by atoms with Gasteiger partial charge in [0.25, 0.3) is 0 Å². The maximum Gasteiger partial charge on any atom is 0.223 e. The Kier molecular flexibility index (Phi) is 3.51. The summed E-state index contributed by atoms with van der Waals surface area (Å²) in [7, 11) is 0. The quantitative estimate of drug-likeness (QED) is 0.342. The highest BCUT2D eigenvalue weighted by Gasteiger charge is 2.23. The van der Waals surface area contributed by atoms with Crippen LogP contribution in [-0.2, 0) is 6.42 Å². The third kappa shape index (κ3) is 3.39. The first-order valence-corrected chi connectivity index (χ1v) is 5.35. The van der Waals surface area contributed by atoms with Crippen LogP contribution in [0.1, 0.15) is 38.8 Å². The molecule has 2 nitrogen and oxygen atoms in total. The van der Waals surface area contributed by atoms with Crippen LogP contribution in [0.15, 0.2) is 24.3 Å². The molecule has 0 aliphatic carbocycles. The van der Waals surface area contributed by atoms with E-state index in [4.69, 9.17) is 0 Å². The highest BCUT2D eigenvalue weighted by atomic mass is 16.5. The van der Waals surface area contributed by atoms with E-state index < -0.39 is 0 Å². The lowest BCUT2D eigenvalue weighted by Gasteiger charge is -2.09. The van der Waals surface area contributed by atoms with Gasteiger partial charge in [0.2, 0.25) is 11.8 Å². The number of hydroxylamine groups is 1. The standard InChI is InChI=1S/C13H20NO/c1-5-11-6-8-12(9-7-11)10-14(15)13(2,3)4/h6-10,15H,5H2,1-4H3/q+1/b14-10+. The second kappa shape index (κ2) is 4.47. The predicted octanol–water partition coefficient (Wildman–Crippen LogP) is 2.87. The minimum absolute atomic E-state index is 0.260. The minimum atomic E-state index is -0.260. The zero-order chi connectivity index (χ0) is 11.5. The Morgan fingerprint density at radius 2 is 1.73 bits per heavy atom. The van der Waals surface area contributed by atoms with Crippen molar-refractivity contribution in [3.8, 4) is 0 Å². The van der Waals surface area contributed by atoms with Gasteiger partial charge in [-0.2, -0.15) is 0 Å². The number of aryl methyl sites for hydroxylation is 1. The lowest BCUT2D eigenvalue weighted by molar-refractivity contribution is -0.816. The van der Waals surface area contributed by atoms with Crippen molar-refractivity contribution >= 4 is 6.21 Å². The second-order valence-corrected chi connectivity index (χ2v) is 4.74. The van der Waals surface area contributed by atoms with Gasteiger partial charge in [-0.3, -0.25) is 5.21 Å². The molecule has 0 bridgehead atoms. The largest absolute Gasteiger partial charge is 0.290 e. The Morgan fingerprint density at radius 3 is 2.13 bits per heavy atom. The maximum absolute atomic E-state index is 9.74. The highest BCUT2D eigenvalue weighted by molar-refractivity contribution is 5.75. The summed E-state index contributed by atoms with van der Waals surface area (Å²) >= 11 is 0. The summed E-state index contributed by atoms with van der Waals surface area (Å²) in [6.45, 7) is 8.02. The lowest BCUT2D eigenvalue weighted by atomic mass is 10.1. The molecule has 0 aromatic heterocycles. The summed E-state index contributed by atoms with van der Waals surface area (Å²) in [6.07, 6.45) is 2.79. The van der Waals surface area contributed by atoms with Crippen LogP contribution in [0, 0.1) is 0 Å². The van der Waals surface area contributed by atoms with Gasteiger partial charge in [-0.15, -0.1) is 0 Å².